The van der Waals surface area contributed by atoms with Crippen LogP contribution in [0.3, 0.4) is 0 Å². The summed E-state index contributed by atoms with van der Waals surface area (Å²) in [6, 6.07) is 17.4. The molecule has 2 aromatic carbocycles. The molecule has 0 saturated carbocycles. The van der Waals surface area contributed by atoms with Gasteiger partial charge in [-0.05, 0) is 48.5 Å². The van der Waals surface area contributed by atoms with Crippen LogP contribution in [0.4, 0.5) is 16.2 Å². The Balaban J connectivity index is 1.20. The topological polar surface area (TPSA) is 99.5 Å². The van der Waals surface area contributed by atoms with E-state index >= 15 is 0 Å². The zero-order chi connectivity index (χ0) is 21.8. The maximum atomic E-state index is 12.3. The summed E-state index contributed by atoms with van der Waals surface area (Å²) in [7, 11) is 0. The fourth-order valence-electron chi connectivity index (χ4n) is 3.16. The molecule has 0 saturated heterocycles. The quantitative estimate of drug-likeness (QED) is 0.485. The van der Waals surface area contributed by atoms with Gasteiger partial charge in [0.2, 0.25) is 5.88 Å². The molecule has 160 valence electrons. The van der Waals surface area contributed by atoms with E-state index in [0.29, 0.717) is 53.5 Å². The van der Waals surface area contributed by atoms with E-state index < -0.39 is 0 Å². The van der Waals surface area contributed by atoms with Gasteiger partial charge < -0.3 is 29.4 Å². The summed E-state index contributed by atoms with van der Waals surface area (Å²) >= 11 is 0. The lowest BCUT2D eigenvalue weighted by atomic mass is 10.2. The molecule has 3 heterocycles. The van der Waals surface area contributed by atoms with Gasteiger partial charge >= 0.3 is 6.03 Å². The fraction of sp³-hybridized carbons (Fsp3) is 0.0870. The Bertz CT molecular complexity index is 1230. The summed E-state index contributed by atoms with van der Waals surface area (Å²) in [6.07, 6.45) is 5.23. The Morgan fingerprint density at radius 3 is 2.41 bits per heavy atom. The average Bonchev–Trinajstić information content (AvgIpc) is 3.36. The molecule has 0 bridgehead atoms. The average molecular weight is 429 g/mol. The van der Waals surface area contributed by atoms with Gasteiger partial charge in [0.05, 0.1) is 0 Å². The highest BCUT2D eigenvalue weighted by atomic mass is 16.6. The molecule has 5 rings (SSSR count). The highest BCUT2D eigenvalue weighted by Crippen LogP contribution is 2.32. The minimum Gasteiger partial charge on any atom is -0.486 e. The van der Waals surface area contributed by atoms with Crippen LogP contribution >= 0.6 is 0 Å². The van der Waals surface area contributed by atoms with E-state index in [1.807, 2.05) is 29.1 Å². The Morgan fingerprint density at radius 1 is 0.875 bits per heavy atom. The van der Waals surface area contributed by atoms with Gasteiger partial charge in [0.25, 0.3) is 0 Å². The van der Waals surface area contributed by atoms with E-state index in [4.69, 9.17) is 14.2 Å². The number of benzene rings is 2. The Labute approximate surface area is 183 Å². The predicted octanol–water partition coefficient (Wildman–Crippen LogP) is 4.47. The van der Waals surface area contributed by atoms with Crippen LogP contribution in [0, 0.1) is 0 Å². The van der Waals surface area contributed by atoms with E-state index in [1.165, 1.54) is 6.33 Å². The second kappa shape index (κ2) is 8.68. The van der Waals surface area contributed by atoms with Crippen molar-refractivity contribution in [2.24, 2.45) is 0 Å². The zero-order valence-electron chi connectivity index (χ0n) is 16.9. The number of carbonyl (C=O) groups is 1. The smallest absolute Gasteiger partial charge is 0.323 e. The number of fused-ring (bicyclic) bond motifs is 1. The van der Waals surface area contributed by atoms with Crippen molar-refractivity contribution in [3.8, 4) is 28.9 Å². The molecule has 9 nitrogen and oxygen atoms in total. The first-order valence-electron chi connectivity index (χ1n) is 9.94. The first kappa shape index (κ1) is 19.4. The second-order valence-corrected chi connectivity index (χ2v) is 6.87. The van der Waals surface area contributed by atoms with Crippen LogP contribution in [0.25, 0.3) is 5.82 Å². The van der Waals surface area contributed by atoms with Crippen molar-refractivity contribution in [3.63, 3.8) is 0 Å². The number of anilines is 2. The van der Waals surface area contributed by atoms with E-state index in [2.05, 4.69) is 20.6 Å². The number of nitrogens with zero attached hydrogens (tertiary/aromatic N) is 3. The molecule has 32 heavy (non-hydrogen) atoms. The summed E-state index contributed by atoms with van der Waals surface area (Å²) in [5.41, 5.74) is 1.22. The minimum atomic E-state index is -0.373. The van der Waals surface area contributed by atoms with Gasteiger partial charge in [-0.25, -0.2) is 14.8 Å². The molecule has 1 aliphatic heterocycles. The van der Waals surface area contributed by atoms with Crippen LogP contribution in [-0.4, -0.2) is 33.8 Å². The highest BCUT2D eigenvalue weighted by Gasteiger charge is 2.13. The molecule has 2 amide bonds. The van der Waals surface area contributed by atoms with Gasteiger partial charge in [0.1, 0.15) is 31.1 Å². The SMILES string of the molecule is O=C(Nc1ccc(Oc2cc(-n3cccc3)ncn2)cc1)Nc1ccc2c(c1)OCCO2. The normalized spacial score (nSPS) is 12.1. The first-order valence-corrected chi connectivity index (χ1v) is 9.94. The summed E-state index contributed by atoms with van der Waals surface area (Å²) in [4.78, 5) is 20.7. The first-order chi connectivity index (χ1) is 15.7. The molecule has 1 aliphatic rings. The minimum absolute atomic E-state index is 0.373. The summed E-state index contributed by atoms with van der Waals surface area (Å²) < 4.78 is 18.7. The lowest BCUT2D eigenvalue weighted by Crippen LogP contribution is -2.20. The molecule has 4 aromatic rings. The molecule has 0 radical (unpaired) electrons. The number of amides is 2. The standard InChI is InChI=1S/C23H19N5O4/c29-23(27-17-5-8-19-20(13-17)31-12-11-30-19)26-16-3-6-18(7-4-16)32-22-14-21(24-15-25-22)28-9-1-2-10-28/h1-10,13-15H,11-12H2,(H2,26,27,29). The van der Waals surface area contributed by atoms with Crippen molar-refractivity contribution >= 4 is 17.4 Å². The number of carbonyl (C=O) groups excluding carboxylic acids is 1. The number of hydrogen-bond acceptors (Lipinski definition) is 6. The summed E-state index contributed by atoms with van der Waals surface area (Å²) in [5, 5.41) is 5.56. The summed E-state index contributed by atoms with van der Waals surface area (Å²) in [6.45, 7) is 1.01. The van der Waals surface area contributed by atoms with Gasteiger partial charge in [-0.1, -0.05) is 0 Å². The lowest BCUT2D eigenvalue weighted by Gasteiger charge is -2.19. The maximum absolute atomic E-state index is 12.3. The largest absolute Gasteiger partial charge is 0.486 e. The Hall–Kier alpha value is -4.53. The maximum Gasteiger partial charge on any atom is 0.323 e. The highest BCUT2D eigenvalue weighted by molar-refractivity contribution is 5.99. The molecule has 0 atom stereocenters. The Kier molecular flexibility index (Phi) is 5.27. The van der Waals surface area contributed by atoms with Gasteiger partial charge in [-0.3, -0.25) is 0 Å². The van der Waals surface area contributed by atoms with Crippen molar-refractivity contribution < 1.29 is 19.0 Å². The monoisotopic (exact) mass is 429 g/mol. The lowest BCUT2D eigenvalue weighted by molar-refractivity contribution is 0.171. The number of nitrogens with one attached hydrogen (secondary N) is 2. The fourth-order valence-corrected chi connectivity index (χ4v) is 3.16. The number of rotatable bonds is 5. The van der Waals surface area contributed by atoms with Crippen LogP contribution < -0.4 is 24.8 Å². The number of ether oxygens (including phenoxy) is 3. The van der Waals surface area contributed by atoms with Gasteiger partial charge in [0.15, 0.2) is 11.5 Å². The number of hydrogen-bond donors (Lipinski definition) is 2. The Morgan fingerprint density at radius 2 is 1.59 bits per heavy atom. The number of urea groups is 1. The molecule has 0 fully saturated rings. The van der Waals surface area contributed by atoms with Gasteiger partial charge in [-0.15, -0.1) is 0 Å². The molecule has 0 unspecified atom stereocenters. The number of aromatic nitrogens is 3. The van der Waals surface area contributed by atoms with Crippen LogP contribution in [0.15, 0.2) is 79.4 Å². The molecular formula is C23H19N5O4. The predicted molar refractivity (Wildman–Crippen MR) is 118 cm³/mol. The van der Waals surface area contributed by atoms with Crippen LogP contribution in [0.1, 0.15) is 0 Å². The van der Waals surface area contributed by atoms with Gasteiger partial charge in [-0.2, -0.15) is 0 Å². The van der Waals surface area contributed by atoms with Gasteiger partial charge in [0, 0.05) is 35.9 Å². The zero-order valence-corrected chi connectivity index (χ0v) is 16.9. The van der Waals surface area contributed by atoms with Crippen LogP contribution in [-0.2, 0) is 0 Å². The molecule has 0 spiro atoms. The molecule has 2 aromatic heterocycles. The van der Waals surface area contributed by atoms with Crippen molar-refractivity contribution in [1.29, 1.82) is 0 Å². The van der Waals surface area contributed by atoms with E-state index in [9.17, 15) is 4.79 Å². The van der Waals surface area contributed by atoms with Crippen LogP contribution in [0.5, 0.6) is 23.1 Å². The van der Waals surface area contributed by atoms with Crippen molar-refractivity contribution in [2.75, 3.05) is 23.8 Å². The second-order valence-electron chi connectivity index (χ2n) is 6.87. The van der Waals surface area contributed by atoms with Crippen molar-refractivity contribution in [1.82, 2.24) is 14.5 Å². The molecule has 0 aliphatic carbocycles. The van der Waals surface area contributed by atoms with E-state index in [-0.39, 0.29) is 6.03 Å². The third-order valence-electron chi connectivity index (χ3n) is 4.63. The van der Waals surface area contributed by atoms with E-state index in [0.717, 1.165) is 0 Å². The van der Waals surface area contributed by atoms with Crippen LogP contribution in [0.2, 0.25) is 0 Å². The molecular weight excluding hydrogens is 410 g/mol. The third-order valence-corrected chi connectivity index (χ3v) is 4.63. The van der Waals surface area contributed by atoms with Crippen molar-refractivity contribution in [3.05, 3.63) is 79.4 Å². The van der Waals surface area contributed by atoms with Crippen molar-refractivity contribution in [2.45, 2.75) is 0 Å². The third kappa shape index (κ3) is 4.46. The molecule has 2 N–H and O–H groups in total. The summed E-state index contributed by atoms with van der Waals surface area (Å²) in [5.74, 6) is 2.98. The molecule has 9 heteroatoms. The van der Waals surface area contributed by atoms with E-state index in [1.54, 1.807) is 48.5 Å².